The predicted octanol–water partition coefficient (Wildman–Crippen LogP) is 2.77. The van der Waals surface area contributed by atoms with Crippen LogP contribution >= 0.6 is 0 Å². The van der Waals surface area contributed by atoms with Crippen molar-refractivity contribution in [1.82, 2.24) is 4.90 Å². The fourth-order valence-corrected chi connectivity index (χ4v) is 2.27. The van der Waals surface area contributed by atoms with Crippen molar-refractivity contribution >= 4 is 11.9 Å². The Morgan fingerprint density at radius 2 is 1.79 bits per heavy atom. The van der Waals surface area contributed by atoms with E-state index in [0.29, 0.717) is 12.5 Å². The zero-order chi connectivity index (χ0) is 14.8. The number of hydrogen-bond donors (Lipinski definition) is 1. The molecule has 1 atom stereocenters. The van der Waals surface area contributed by atoms with E-state index in [2.05, 4.69) is 13.8 Å². The lowest BCUT2D eigenvalue weighted by molar-refractivity contribution is -0.156. The molecule has 1 fully saturated rings. The summed E-state index contributed by atoms with van der Waals surface area (Å²) >= 11 is 0. The molecular weight excluding hydrogens is 242 g/mol. The molecule has 0 radical (unpaired) electrons. The second-order valence-corrected chi connectivity index (χ2v) is 7.08. The summed E-state index contributed by atoms with van der Waals surface area (Å²) < 4.78 is 0. The summed E-state index contributed by atoms with van der Waals surface area (Å²) in [7, 11) is 0. The van der Waals surface area contributed by atoms with Gasteiger partial charge in [0.15, 0.2) is 0 Å². The summed E-state index contributed by atoms with van der Waals surface area (Å²) in [5, 5.41) is 9.36. The molecule has 1 amide bonds. The summed E-state index contributed by atoms with van der Waals surface area (Å²) in [6.45, 7) is 10.4. The number of hydrogen-bond acceptors (Lipinski definition) is 2. The predicted molar refractivity (Wildman–Crippen MR) is 74.8 cm³/mol. The second kappa shape index (κ2) is 5.93. The molecule has 0 aromatic carbocycles. The zero-order valence-corrected chi connectivity index (χ0v) is 12.8. The van der Waals surface area contributed by atoms with Gasteiger partial charge in [-0.2, -0.15) is 0 Å². The van der Waals surface area contributed by atoms with Gasteiger partial charge in [0, 0.05) is 12.6 Å². The Labute approximate surface area is 116 Å². The Morgan fingerprint density at radius 1 is 1.26 bits per heavy atom. The fourth-order valence-electron chi connectivity index (χ4n) is 2.27. The van der Waals surface area contributed by atoms with Gasteiger partial charge in [0.2, 0.25) is 5.91 Å². The number of carbonyl (C=O) groups is 2. The lowest BCUT2D eigenvalue weighted by Crippen LogP contribution is -2.46. The zero-order valence-electron chi connectivity index (χ0n) is 12.8. The van der Waals surface area contributed by atoms with Crippen molar-refractivity contribution in [3.8, 4) is 0 Å². The summed E-state index contributed by atoms with van der Waals surface area (Å²) in [6, 6.07) is 0.274. The number of amides is 1. The smallest absolute Gasteiger partial charge is 0.316 e. The van der Waals surface area contributed by atoms with E-state index in [0.717, 1.165) is 19.3 Å². The first-order valence-electron chi connectivity index (χ1n) is 7.18. The summed E-state index contributed by atoms with van der Waals surface area (Å²) in [5.74, 6) is -1.64. The summed E-state index contributed by atoms with van der Waals surface area (Å²) in [5.41, 5.74) is -0.548. The van der Waals surface area contributed by atoms with Gasteiger partial charge in [-0.15, -0.1) is 0 Å². The quantitative estimate of drug-likeness (QED) is 0.754. The first-order valence-corrected chi connectivity index (χ1v) is 7.18. The molecule has 0 aromatic rings. The van der Waals surface area contributed by atoms with E-state index < -0.39 is 17.3 Å². The minimum atomic E-state index is -1.01. The molecule has 4 nitrogen and oxygen atoms in total. The molecule has 1 unspecified atom stereocenters. The Bertz CT molecular complexity index is 340. The molecule has 0 heterocycles. The molecule has 19 heavy (non-hydrogen) atoms. The molecule has 0 spiro atoms. The fraction of sp³-hybridized carbons (Fsp3) is 0.867. The molecule has 0 aliphatic heterocycles. The van der Waals surface area contributed by atoms with Gasteiger partial charge in [-0.05, 0) is 30.6 Å². The summed E-state index contributed by atoms with van der Waals surface area (Å²) in [4.78, 5) is 25.8. The van der Waals surface area contributed by atoms with E-state index in [1.54, 1.807) is 0 Å². The van der Waals surface area contributed by atoms with Gasteiger partial charge in [-0.25, -0.2) is 0 Å². The minimum Gasteiger partial charge on any atom is -0.481 e. The van der Waals surface area contributed by atoms with Gasteiger partial charge in [0.1, 0.15) is 5.92 Å². The number of carboxylic acid groups (broad SMARTS) is 1. The third kappa shape index (κ3) is 4.51. The van der Waals surface area contributed by atoms with Crippen LogP contribution in [0.25, 0.3) is 0 Å². The SMILES string of the molecule is CC(C)CCN(C(=O)C(C(=O)O)C(C)(C)C)C1CC1. The molecule has 0 bridgehead atoms. The van der Waals surface area contributed by atoms with Crippen LogP contribution in [-0.4, -0.2) is 34.5 Å². The molecular formula is C15H27NO3. The first kappa shape index (κ1) is 16.0. The van der Waals surface area contributed by atoms with Crippen molar-refractivity contribution in [2.75, 3.05) is 6.54 Å². The third-order valence-corrected chi connectivity index (χ3v) is 3.58. The van der Waals surface area contributed by atoms with Gasteiger partial charge in [-0.1, -0.05) is 34.6 Å². The largest absolute Gasteiger partial charge is 0.481 e. The molecule has 0 saturated heterocycles. The van der Waals surface area contributed by atoms with Crippen LogP contribution in [0.1, 0.15) is 53.9 Å². The maximum Gasteiger partial charge on any atom is 0.316 e. The number of aliphatic carboxylic acids is 1. The average Bonchev–Trinajstić information content (AvgIpc) is 2.98. The Morgan fingerprint density at radius 3 is 2.11 bits per heavy atom. The standard InChI is InChI=1S/C15H27NO3/c1-10(2)8-9-16(11-6-7-11)13(17)12(14(18)19)15(3,4)5/h10-12H,6-9H2,1-5H3,(H,18,19). The Kier molecular flexibility index (Phi) is 4.99. The van der Waals surface area contributed by atoms with Gasteiger partial charge in [0.25, 0.3) is 0 Å². The van der Waals surface area contributed by atoms with Crippen LogP contribution in [-0.2, 0) is 9.59 Å². The monoisotopic (exact) mass is 269 g/mol. The van der Waals surface area contributed by atoms with Crippen LogP contribution in [0.3, 0.4) is 0 Å². The maximum atomic E-state index is 12.6. The molecule has 1 aliphatic rings. The lowest BCUT2D eigenvalue weighted by atomic mass is 9.79. The van der Waals surface area contributed by atoms with Crippen LogP contribution in [0.2, 0.25) is 0 Å². The number of rotatable bonds is 6. The van der Waals surface area contributed by atoms with Crippen molar-refractivity contribution in [2.24, 2.45) is 17.3 Å². The highest BCUT2D eigenvalue weighted by atomic mass is 16.4. The van der Waals surface area contributed by atoms with E-state index in [-0.39, 0.29) is 11.9 Å². The van der Waals surface area contributed by atoms with Crippen molar-refractivity contribution in [1.29, 1.82) is 0 Å². The third-order valence-electron chi connectivity index (χ3n) is 3.58. The number of nitrogens with zero attached hydrogens (tertiary/aromatic N) is 1. The normalized spacial score (nSPS) is 17.4. The average molecular weight is 269 g/mol. The van der Waals surface area contributed by atoms with Crippen molar-refractivity contribution in [2.45, 2.75) is 59.9 Å². The first-order chi connectivity index (χ1) is 8.64. The molecule has 110 valence electrons. The van der Waals surface area contributed by atoms with E-state index in [1.807, 2.05) is 25.7 Å². The summed E-state index contributed by atoms with van der Waals surface area (Å²) in [6.07, 6.45) is 2.96. The molecule has 0 aromatic heterocycles. The van der Waals surface area contributed by atoms with E-state index >= 15 is 0 Å². The number of carbonyl (C=O) groups excluding carboxylic acids is 1. The van der Waals surface area contributed by atoms with Crippen LogP contribution in [0.15, 0.2) is 0 Å². The van der Waals surface area contributed by atoms with E-state index in [1.165, 1.54) is 0 Å². The maximum absolute atomic E-state index is 12.6. The Hall–Kier alpha value is -1.06. The molecule has 1 N–H and O–H groups in total. The van der Waals surface area contributed by atoms with Crippen molar-refractivity contribution in [3.05, 3.63) is 0 Å². The van der Waals surface area contributed by atoms with Crippen LogP contribution in [0, 0.1) is 17.3 Å². The van der Waals surface area contributed by atoms with Gasteiger partial charge >= 0.3 is 5.97 Å². The highest BCUT2D eigenvalue weighted by Gasteiger charge is 2.43. The highest BCUT2D eigenvalue weighted by molar-refractivity contribution is 5.98. The van der Waals surface area contributed by atoms with Crippen LogP contribution in [0.5, 0.6) is 0 Å². The number of carboxylic acids is 1. The molecule has 1 rings (SSSR count). The molecule has 4 heteroatoms. The van der Waals surface area contributed by atoms with Gasteiger partial charge in [-0.3, -0.25) is 9.59 Å². The van der Waals surface area contributed by atoms with Crippen LogP contribution < -0.4 is 0 Å². The molecule has 1 aliphatic carbocycles. The van der Waals surface area contributed by atoms with Crippen LogP contribution in [0.4, 0.5) is 0 Å². The van der Waals surface area contributed by atoms with Gasteiger partial charge in [0.05, 0.1) is 0 Å². The highest BCUT2D eigenvalue weighted by Crippen LogP contribution is 2.33. The Balaban J connectivity index is 2.82. The van der Waals surface area contributed by atoms with Crippen molar-refractivity contribution < 1.29 is 14.7 Å². The lowest BCUT2D eigenvalue weighted by Gasteiger charge is -2.32. The minimum absolute atomic E-state index is 0.205. The second-order valence-electron chi connectivity index (χ2n) is 7.08. The van der Waals surface area contributed by atoms with Crippen molar-refractivity contribution in [3.63, 3.8) is 0 Å². The molecule has 1 saturated carbocycles. The topological polar surface area (TPSA) is 57.6 Å². The van der Waals surface area contributed by atoms with Gasteiger partial charge < -0.3 is 10.0 Å². The van der Waals surface area contributed by atoms with E-state index in [9.17, 15) is 14.7 Å². The van der Waals surface area contributed by atoms with E-state index in [4.69, 9.17) is 0 Å².